The van der Waals surface area contributed by atoms with Gasteiger partial charge in [0.15, 0.2) is 0 Å². The van der Waals surface area contributed by atoms with E-state index in [0.717, 1.165) is 11.1 Å². The monoisotopic (exact) mass is 248 g/mol. The van der Waals surface area contributed by atoms with Crippen LogP contribution in [-0.2, 0) is 6.61 Å². The fourth-order valence-electron chi connectivity index (χ4n) is 1.65. The summed E-state index contributed by atoms with van der Waals surface area (Å²) < 4.78 is 10.3. The Balaban J connectivity index is 2.16. The minimum atomic E-state index is -0.573. The molecule has 0 saturated carbocycles. The van der Waals surface area contributed by atoms with E-state index in [-0.39, 0.29) is 6.61 Å². The van der Waals surface area contributed by atoms with Crippen LogP contribution in [0.15, 0.2) is 22.8 Å². The van der Waals surface area contributed by atoms with Crippen LogP contribution < -0.4 is 4.74 Å². The zero-order valence-corrected chi connectivity index (χ0v) is 10.7. The van der Waals surface area contributed by atoms with Gasteiger partial charge in [-0.25, -0.2) is 4.63 Å². The summed E-state index contributed by atoms with van der Waals surface area (Å²) in [4.78, 5) is 0. The van der Waals surface area contributed by atoms with Crippen molar-refractivity contribution in [3.05, 3.63) is 40.7 Å². The smallest absolute Gasteiger partial charge is 0.145 e. The van der Waals surface area contributed by atoms with E-state index >= 15 is 0 Å². The van der Waals surface area contributed by atoms with Gasteiger partial charge in [0.25, 0.3) is 0 Å². The van der Waals surface area contributed by atoms with E-state index in [2.05, 4.69) is 14.9 Å². The zero-order chi connectivity index (χ0) is 13.1. The van der Waals surface area contributed by atoms with Crippen molar-refractivity contribution in [2.24, 2.45) is 0 Å². The van der Waals surface area contributed by atoms with Crippen molar-refractivity contribution in [2.75, 3.05) is 0 Å². The van der Waals surface area contributed by atoms with Gasteiger partial charge in [-0.1, -0.05) is 21.9 Å². The number of hydrogen-bond donors (Lipinski definition) is 1. The highest BCUT2D eigenvalue weighted by atomic mass is 16.6. The Labute approximate surface area is 105 Å². The molecular formula is C13H16N2O3. The van der Waals surface area contributed by atoms with E-state index in [1.54, 1.807) is 13.8 Å². The van der Waals surface area contributed by atoms with Gasteiger partial charge in [-0.3, -0.25) is 0 Å². The molecule has 0 spiro atoms. The second-order valence-corrected chi connectivity index (χ2v) is 4.30. The highest BCUT2D eigenvalue weighted by Crippen LogP contribution is 2.26. The third-order valence-corrected chi connectivity index (χ3v) is 2.73. The molecule has 2 aromatic rings. The van der Waals surface area contributed by atoms with Crippen LogP contribution >= 0.6 is 0 Å². The summed E-state index contributed by atoms with van der Waals surface area (Å²) in [6.07, 6.45) is -0.573. The SMILES string of the molecule is Cc1ccc(OCc2nonc2C)c([C@@H](C)O)c1. The summed E-state index contributed by atoms with van der Waals surface area (Å²) >= 11 is 0. The Kier molecular flexibility index (Phi) is 3.62. The number of ether oxygens (including phenoxy) is 1. The summed E-state index contributed by atoms with van der Waals surface area (Å²) in [6.45, 7) is 5.77. The van der Waals surface area contributed by atoms with E-state index in [1.165, 1.54) is 0 Å². The van der Waals surface area contributed by atoms with Crippen molar-refractivity contribution >= 4 is 0 Å². The molecule has 5 nitrogen and oxygen atoms in total. The molecule has 0 unspecified atom stereocenters. The van der Waals surface area contributed by atoms with Crippen molar-refractivity contribution in [1.82, 2.24) is 10.3 Å². The molecule has 1 heterocycles. The van der Waals surface area contributed by atoms with Gasteiger partial charge in [-0.15, -0.1) is 0 Å². The topological polar surface area (TPSA) is 68.4 Å². The largest absolute Gasteiger partial charge is 0.487 e. The first-order valence-electron chi connectivity index (χ1n) is 5.77. The van der Waals surface area contributed by atoms with Crippen molar-refractivity contribution in [3.63, 3.8) is 0 Å². The molecule has 18 heavy (non-hydrogen) atoms. The summed E-state index contributed by atoms with van der Waals surface area (Å²) in [5, 5.41) is 17.1. The average Bonchev–Trinajstić information content (AvgIpc) is 2.73. The number of rotatable bonds is 4. The third-order valence-electron chi connectivity index (χ3n) is 2.73. The lowest BCUT2D eigenvalue weighted by molar-refractivity contribution is 0.189. The maximum absolute atomic E-state index is 9.71. The van der Waals surface area contributed by atoms with Crippen LogP contribution in [0.1, 0.15) is 35.5 Å². The van der Waals surface area contributed by atoms with Gasteiger partial charge in [0, 0.05) is 5.56 Å². The highest BCUT2D eigenvalue weighted by Gasteiger charge is 2.11. The Morgan fingerprint density at radius 2 is 2.11 bits per heavy atom. The maximum atomic E-state index is 9.71. The molecule has 0 radical (unpaired) electrons. The van der Waals surface area contributed by atoms with Gasteiger partial charge >= 0.3 is 0 Å². The number of hydrogen-bond acceptors (Lipinski definition) is 5. The average molecular weight is 248 g/mol. The molecule has 1 N–H and O–H groups in total. The fourth-order valence-corrected chi connectivity index (χ4v) is 1.65. The molecule has 0 bridgehead atoms. The second kappa shape index (κ2) is 5.18. The number of aromatic nitrogens is 2. The van der Waals surface area contributed by atoms with E-state index in [9.17, 15) is 5.11 Å². The second-order valence-electron chi connectivity index (χ2n) is 4.30. The lowest BCUT2D eigenvalue weighted by atomic mass is 10.1. The molecule has 1 aromatic heterocycles. The molecule has 1 atom stereocenters. The molecule has 0 saturated heterocycles. The number of aliphatic hydroxyl groups excluding tert-OH is 1. The minimum absolute atomic E-state index is 0.276. The molecule has 5 heteroatoms. The minimum Gasteiger partial charge on any atom is -0.487 e. The molecule has 0 amide bonds. The van der Waals surface area contributed by atoms with Crippen molar-refractivity contribution in [1.29, 1.82) is 0 Å². The molecule has 0 fully saturated rings. The summed E-state index contributed by atoms with van der Waals surface area (Å²) in [5.41, 5.74) is 3.22. The van der Waals surface area contributed by atoms with Crippen LogP contribution in [0.3, 0.4) is 0 Å². The Morgan fingerprint density at radius 1 is 1.33 bits per heavy atom. The van der Waals surface area contributed by atoms with Gasteiger partial charge in [0.05, 0.1) is 6.10 Å². The number of benzene rings is 1. The van der Waals surface area contributed by atoms with Gasteiger partial charge < -0.3 is 9.84 Å². The normalized spacial score (nSPS) is 12.4. The van der Waals surface area contributed by atoms with Gasteiger partial charge in [-0.2, -0.15) is 0 Å². The molecule has 0 aliphatic heterocycles. The van der Waals surface area contributed by atoms with E-state index < -0.39 is 6.10 Å². The number of aryl methyl sites for hydroxylation is 2. The predicted molar refractivity (Wildman–Crippen MR) is 65.2 cm³/mol. The summed E-state index contributed by atoms with van der Waals surface area (Å²) in [6, 6.07) is 5.70. The number of aliphatic hydroxyl groups is 1. The molecule has 96 valence electrons. The van der Waals surface area contributed by atoms with Crippen LogP contribution in [0.5, 0.6) is 5.75 Å². The third kappa shape index (κ3) is 2.68. The molecule has 2 rings (SSSR count). The molecule has 0 aliphatic rings. The van der Waals surface area contributed by atoms with Gasteiger partial charge in [0.2, 0.25) is 0 Å². The lowest BCUT2D eigenvalue weighted by Gasteiger charge is -2.13. The van der Waals surface area contributed by atoms with Crippen molar-refractivity contribution in [3.8, 4) is 5.75 Å². The summed E-state index contributed by atoms with van der Waals surface area (Å²) in [7, 11) is 0. The first-order chi connectivity index (χ1) is 8.58. The maximum Gasteiger partial charge on any atom is 0.145 e. The van der Waals surface area contributed by atoms with E-state index in [1.807, 2.05) is 25.1 Å². The van der Waals surface area contributed by atoms with Crippen molar-refractivity contribution in [2.45, 2.75) is 33.5 Å². The van der Waals surface area contributed by atoms with Crippen LogP contribution in [-0.4, -0.2) is 15.4 Å². The van der Waals surface area contributed by atoms with E-state index in [4.69, 9.17) is 4.74 Å². The quantitative estimate of drug-likeness (QED) is 0.899. The first-order valence-corrected chi connectivity index (χ1v) is 5.77. The van der Waals surface area contributed by atoms with Gasteiger partial charge in [-0.05, 0) is 32.9 Å². The van der Waals surface area contributed by atoms with Crippen LogP contribution in [0, 0.1) is 13.8 Å². The Morgan fingerprint density at radius 3 is 2.72 bits per heavy atom. The number of nitrogens with zero attached hydrogens (tertiary/aromatic N) is 2. The Bertz CT molecular complexity index is 535. The molecular weight excluding hydrogens is 232 g/mol. The summed E-state index contributed by atoms with van der Waals surface area (Å²) in [5.74, 6) is 0.651. The predicted octanol–water partition coefficient (Wildman–Crippen LogP) is 2.32. The van der Waals surface area contributed by atoms with Crippen LogP contribution in [0.25, 0.3) is 0 Å². The van der Waals surface area contributed by atoms with Gasteiger partial charge in [0.1, 0.15) is 23.7 Å². The zero-order valence-electron chi connectivity index (χ0n) is 10.7. The highest BCUT2D eigenvalue weighted by molar-refractivity contribution is 5.38. The fraction of sp³-hybridized carbons (Fsp3) is 0.385. The van der Waals surface area contributed by atoms with Crippen LogP contribution in [0.4, 0.5) is 0 Å². The standard InChI is InChI=1S/C13H16N2O3/c1-8-4-5-13(11(6-8)10(3)16)17-7-12-9(2)14-18-15-12/h4-6,10,16H,7H2,1-3H3/t10-/m1/s1. The Hall–Kier alpha value is -1.88. The molecule has 1 aromatic carbocycles. The first kappa shape index (κ1) is 12.6. The van der Waals surface area contributed by atoms with Crippen LogP contribution in [0.2, 0.25) is 0 Å². The van der Waals surface area contributed by atoms with E-state index in [0.29, 0.717) is 17.1 Å². The lowest BCUT2D eigenvalue weighted by Crippen LogP contribution is -2.02. The van der Waals surface area contributed by atoms with Crippen molar-refractivity contribution < 1.29 is 14.5 Å². The molecule has 0 aliphatic carbocycles.